The fraction of sp³-hybridized carbons (Fsp3) is 0.412. The molecule has 0 saturated carbocycles. The molecule has 6 heteroatoms. The minimum absolute atomic E-state index is 0.0376. The van der Waals surface area contributed by atoms with E-state index < -0.39 is 0 Å². The molecular formula is C17H21N3O2S. The molecule has 0 spiro atoms. The number of benzene rings is 1. The van der Waals surface area contributed by atoms with E-state index >= 15 is 0 Å². The van der Waals surface area contributed by atoms with Crippen molar-refractivity contribution in [2.24, 2.45) is 0 Å². The molecule has 0 bridgehead atoms. The molecule has 1 N–H and O–H groups in total. The number of likely N-dealkylation sites (tertiary alicyclic amines) is 1. The third kappa shape index (κ3) is 3.54. The summed E-state index contributed by atoms with van der Waals surface area (Å²) in [6.07, 6.45) is 2.00. The summed E-state index contributed by atoms with van der Waals surface area (Å²) in [5.74, 6) is 0.851. The van der Waals surface area contributed by atoms with Gasteiger partial charge in [-0.3, -0.25) is 4.79 Å². The second-order valence-corrected chi connectivity index (χ2v) is 6.48. The van der Waals surface area contributed by atoms with Crippen LogP contribution in [0.25, 0.3) is 10.6 Å². The van der Waals surface area contributed by atoms with E-state index in [1.54, 1.807) is 7.11 Å². The van der Waals surface area contributed by atoms with Gasteiger partial charge in [-0.15, -0.1) is 11.3 Å². The molecule has 122 valence electrons. The number of aromatic nitrogens is 1. The number of hydrogen-bond acceptors (Lipinski definition) is 5. The lowest BCUT2D eigenvalue weighted by molar-refractivity contribution is 0.0702. The van der Waals surface area contributed by atoms with Gasteiger partial charge in [-0.25, -0.2) is 4.98 Å². The summed E-state index contributed by atoms with van der Waals surface area (Å²) in [7, 11) is 3.62. The van der Waals surface area contributed by atoms with E-state index in [4.69, 9.17) is 4.74 Å². The van der Waals surface area contributed by atoms with Crippen molar-refractivity contribution in [3.8, 4) is 16.3 Å². The van der Waals surface area contributed by atoms with Crippen LogP contribution in [0.15, 0.2) is 29.6 Å². The second kappa shape index (κ2) is 7.10. The number of piperidine rings is 1. The highest BCUT2D eigenvalue weighted by molar-refractivity contribution is 7.13. The zero-order chi connectivity index (χ0) is 16.2. The molecule has 1 aromatic carbocycles. The largest absolute Gasteiger partial charge is 0.497 e. The molecule has 3 rings (SSSR count). The number of carbonyl (C=O) groups excluding carboxylic acids is 1. The van der Waals surface area contributed by atoms with Gasteiger partial charge in [-0.05, 0) is 44.2 Å². The standard InChI is InChI=1S/C17H21N3O2S/c1-18-13-7-9-20(10-8-13)17(21)15-11-23-16(19-15)12-3-5-14(22-2)6-4-12/h3-6,11,13,18H,7-10H2,1-2H3. The smallest absolute Gasteiger partial charge is 0.273 e. The maximum atomic E-state index is 12.6. The van der Waals surface area contributed by atoms with E-state index in [0.717, 1.165) is 42.3 Å². The van der Waals surface area contributed by atoms with Crippen molar-refractivity contribution >= 4 is 17.2 Å². The molecule has 2 aromatic rings. The van der Waals surface area contributed by atoms with Crippen LogP contribution in [0, 0.1) is 0 Å². The zero-order valence-corrected chi connectivity index (χ0v) is 14.2. The molecule has 23 heavy (non-hydrogen) atoms. The number of nitrogens with one attached hydrogen (secondary N) is 1. The quantitative estimate of drug-likeness (QED) is 0.936. The molecule has 1 saturated heterocycles. The Morgan fingerprint density at radius 2 is 2.00 bits per heavy atom. The molecule has 1 fully saturated rings. The summed E-state index contributed by atoms with van der Waals surface area (Å²) < 4.78 is 5.16. The van der Waals surface area contributed by atoms with Crippen LogP contribution in [0.2, 0.25) is 0 Å². The average Bonchev–Trinajstić information content (AvgIpc) is 3.11. The minimum Gasteiger partial charge on any atom is -0.497 e. The molecule has 1 amide bonds. The Balaban J connectivity index is 1.69. The van der Waals surface area contributed by atoms with Gasteiger partial charge in [0.05, 0.1) is 7.11 Å². The van der Waals surface area contributed by atoms with Crippen molar-refractivity contribution in [1.29, 1.82) is 0 Å². The molecule has 2 heterocycles. The third-order valence-electron chi connectivity index (χ3n) is 4.25. The summed E-state index contributed by atoms with van der Waals surface area (Å²) in [4.78, 5) is 19.0. The van der Waals surface area contributed by atoms with Gasteiger partial charge in [-0.1, -0.05) is 0 Å². The number of hydrogen-bond donors (Lipinski definition) is 1. The van der Waals surface area contributed by atoms with Crippen molar-refractivity contribution in [2.45, 2.75) is 18.9 Å². The fourth-order valence-electron chi connectivity index (χ4n) is 2.77. The van der Waals surface area contributed by atoms with E-state index in [-0.39, 0.29) is 5.91 Å². The number of methoxy groups -OCH3 is 1. The third-order valence-corrected chi connectivity index (χ3v) is 5.14. The lowest BCUT2D eigenvalue weighted by Gasteiger charge is -2.31. The van der Waals surface area contributed by atoms with Crippen LogP contribution in [0.4, 0.5) is 0 Å². The first-order chi connectivity index (χ1) is 11.2. The van der Waals surface area contributed by atoms with Crippen molar-refractivity contribution in [1.82, 2.24) is 15.2 Å². The molecule has 1 aliphatic rings. The molecule has 5 nitrogen and oxygen atoms in total. The number of amides is 1. The van der Waals surface area contributed by atoms with E-state index in [0.29, 0.717) is 11.7 Å². The highest BCUT2D eigenvalue weighted by atomic mass is 32.1. The first-order valence-corrected chi connectivity index (χ1v) is 8.65. The molecular weight excluding hydrogens is 310 g/mol. The summed E-state index contributed by atoms with van der Waals surface area (Å²) in [5, 5.41) is 5.99. The first-order valence-electron chi connectivity index (χ1n) is 7.77. The second-order valence-electron chi connectivity index (χ2n) is 5.62. The predicted octanol–water partition coefficient (Wildman–Crippen LogP) is 2.64. The zero-order valence-electron chi connectivity index (χ0n) is 13.4. The summed E-state index contributed by atoms with van der Waals surface area (Å²) in [6.45, 7) is 1.58. The topological polar surface area (TPSA) is 54.5 Å². The van der Waals surface area contributed by atoms with Gasteiger partial charge in [-0.2, -0.15) is 0 Å². The van der Waals surface area contributed by atoms with Crippen LogP contribution in [-0.2, 0) is 0 Å². The molecule has 0 aliphatic carbocycles. The number of thiazole rings is 1. The molecule has 0 radical (unpaired) electrons. The van der Waals surface area contributed by atoms with Crippen LogP contribution in [0.3, 0.4) is 0 Å². The monoisotopic (exact) mass is 331 g/mol. The van der Waals surface area contributed by atoms with Gasteiger partial charge in [0.2, 0.25) is 0 Å². The van der Waals surface area contributed by atoms with Gasteiger partial charge >= 0.3 is 0 Å². The summed E-state index contributed by atoms with van der Waals surface area (Å²) in [5.41, 5.74) is 1.55. The number of carbonyl (C=O) groups is 1. The lowest BCUT2D eigenvalue weighted by atomic mass is 10.1. The van der Waals surface area contributed by atoms with E-state index in [1.807, 2.05) is 41.6 Å². The highest BCUT2D eigenvalue weighted by Crippen LogP contribution is 2.26. The van der Waals surface area contributed by atoms with Gasteiger partial charge in [0.25, 0.3) is 5.91 Å². The van der Waals surface area contributed by atoms with Crippen LogP contribution in [0.5, 0.6) is 5.75 Å². The van der Waals surface area contributed by atoms with Crippen molar-refractivity contribution in [3.05, 3.63) is 35.3 Å². The van der Waals surface area contributed by atoms with Gasteiger partial charge < -0.3 is 15.0 Å². The Morgan fingerprint density at radius 1 is 1.30 bits per heavy atom. The molecule has 1 aromatic heterocycles. The van der Waals surface area contributed by atoms with Gasteiger partial charge in [0, 0.05) is 30.1 Å². The van der Waals surface area contributed by atoms with Crippen molar-refractivity contribution in [3.63, 3.8) is 0 Å². The maximum absolute atomic E-state index is 12.6. The summed E-state index contributed by atoms with van der Waals surface area (Å²) in [6, 6.07) is 8.25. The Kier molecular flexibility index (Phi) is 4.93. The fourth-order valence-corrected chi connectivity index (χ4v) is 3.57. The van der Waals surface area contributed by atoms with Gasteiger partial charge in [0.15, 0.2) is 0 Å². The highest BCUT2D eigenvalue weighted by Gasteiger charge is 2.24. The van der Waals surface area contributed by atoms with E-state index in [2.05, 4.69) is 10.3 Å². The van der Waals surface area contributed by atoms with Crippen molar-refractivity contribution < 1.29 is 9.53 Å². The number of nitrogens with zero attached hydrogens (tertiary/aromatic N) is 2. The van der Waals surface area contributed by atoms with E-state index in [9.17, 15) is 4.79 Å². The van der Waals surface area contributed by atoms with Crippen LogP contribution >= 0.6 is 11.3 Å². The van der Waals surface area contributed by atoms with Crippen LogP contribution in [0.1, 0.15) is 23.3 Å². The Bertz CT molecular complexity index is 661. The normalized spacial score (nSPS) is 15.7. The van der Waals surface area contributed by atoms with E-state index in [1.165, 1.54) is 11.3 Å². The molecule has 0 atom stereocenters. The number of rotatable bonds is 4. The minimum atomic E-state index is 0.0376. The lowest BCUT2D eigenvalue weighted by Crippen LogP contribution is -2.44. The molecule has 0 unspecified atom stereocenters. The SMILES string of the molecule is CNC1CCN(C(=O)c2csc(-c3ccc(OC)cc3)n2)CC1. The average molecular weight is 331 g/mol. The number of ether oxygens (including phenoxy) is 1. The molecule has 1 aliphatic heterocycles. The van der Waals surface area contributed by atoms with Crippen molar-refractivity contribution in [2.75, 3.05) is 27.2 Å². The summed E-state index contributed by atoms with van der Waals surface area (Å²) >= 11 is 1.50. The van der Waals surface area contributed by atoms with Gasteiger partial charge in [0.1, 0.15) is 16.5 Å². The Hall–Kier alpha value is -1.92. The van der Waals surface area contributed by atoms with Crippen LogP contribution < -0.4 is 10.1 Å². The first kappa shape index (κ1) is 16.0. The Morgan fingerprint density at radius 3 is 2.61 bits per heavy atom. The predicted molar refractivity (Wildman–Crippen MR) is 92.1 cm³/mol. The maximum Gasteiger partial charge on any atom is 0.273 e. The van der Waals surface area contributed by atoms with Crippen LogP contribution in [-0.4, -0.2) is 49.1 Å². The Labute approximate surface area is 140 Å².